The molecule has 4 aromatic rings. The molecule has 0 saturated carbocycles. The lowest BCUT2D eigenvalue weighted by Gasteiger charge is -2.22. The van der Waals surface area contributed by atoms with Crippen LogP contribution < -0.4 is 0 Å². The number of carbonyl (C=O) groups excluding carboxylic acids is 1. The van der Waals surface area contributed by atoms with Crippen LogP contribution in [0.25, 0.3) is 11.3 Å². The van der Waals surface area contributed by atoms with Crippen molar-refractivity contribution in [3.8, 4) is 11.3 Å². The van der Waals surface area contributed by atoms with Crippen LogP contribution in [0.3, 0.4) is 0 Å². The Balaban J connectivity index is 1.66. The average Bonchev–Trinajstić information content (AvgIpc) is 3.25. The van der Waals surface area contributed by atoms with Crippen molar-refractivity contribution in [3.05, 3.63) is 107 Å². The molecule has 1 heterocycles. The van der Waals surface area contributed by atoms with Gasteiger partial charge >= 0.3 is 0 Å². The summed E-state index contributed by atoms with van der Waals surface area (Å²) in [6.45, 7) is 0.935. The first-order chi connectivity index (χ1) is 14.2. The summed E-state index contributed by atoms with van der Waals surface area (Å²) in [6.07, 6.45) is 0. The molecule has 0 bridgehead atoms. The molecule has 0 aliphatic rings. The maximum absolute atomic E-state index is 13.5. The number of hydrogen-bond donors (Lipinski definition) is 0. The Bertz CT molecular complexity index is 1040. The Labute approximate surface area is 172 Å². The normalized spacial score (nSPS) is 10.7. The van der Waals surface area contributed by atoms with E-state index in [2.05, 4.69) is 9.59 Å². The summed E-state index contributed by atoms with van der Waals surface area (Å²) in [7, 11) is 0. The van der Waals surface area contributed by atoms with Crippen molar-refractivity contribution in [3.63, 3.8) is 0 Å². The Hall–Kier alpha value is -3.38. The zero-order chi connectivity index (χ0) is 20.1. The van der Waals surface area contributed by atoms with E-state index in [1.54, 1.807) is 17.0 Å². The summed E-state index contributed by atoms with van der Waals surface area (Å²) < 4.78 is 17.3. The van der Waals surface area contributed by atoms with Gasteiger partial charge in [-0.3, -0.25) is 4.79 Å². The molecule has 1 amide bonds. The fourth-order valence-electron chi connectivity index (χ4n) is 3.08. The van der Waals surface area contributed by atoms with Gasteiger partial charge in [0.15, 0.2) is 0 Å². The fraction of sp³-hybridized carbons (Fsp3) is 0.0870. The van der Waals surface area contributed by atoms with Crippen molar-refractivity contribution in [1.82, 2.24) is 14.5 Å². The number of aromatic nitrogens is 2. The highest BCUT2D eigenvalue weighted by Crippen LogP contribution is 2.26. The van der Waals surface area contributed by atoms with Gasteiger partial charge in [0.2, 0.25) is 0 Å². The quantitative estimate of drug-likeness (QED) is 0.445. The van der Waals surface area contributed by atoms with Crippen LogP contribution in [0, 0.1) is 5.82 Å². The van der Waals surface area contributed by atoms with E-state index in [1.165, 1.54) is 12.1 Å². The molecule has 0 atom stereocenters. The van der Waals surface area contributed by atoms with Gasteiger partial charge in [-0.2, -0.15) is 0 Å². The number of carbonyl (C=O) groups is 1. The lowest BCUT2D eigenvalue weighted by molar-refractivity contribution is 0.0735. The maximum atomic E-state index is 13.5. The number of halogens is 1. The SMILES string of the molecule is O=C(c1snnc1-c1ccc(F)cc1)N(Cc1ccccc1)Cc1ccccc1. The number of amides is 1. The van der Waals surface area contributed by atoms with Crippen LogP contribution in [-0.2, 0) is 13.1 Å². The van der Waals surface area contributed by atoms with E-state index in [9.17, 15) is 9.18 Å². The summed E-state index contributed by atoms with van der Waals surface area (Å²) in [4.78, 5) is 15.7. The topological polar surface area (TPSA) is 46.1 Å². The minimum absolute atomic E-state index is 0.146. The zero-order valence-corrected chi connectivity index (χ0v) is 16.3. The third kappa shape index (κ3) is 4.55. The largest absolute Gasteiger partial charge is 0.329 e. The van der Waals surface area contributed by atoms with Crippen molar-refractivity contribution in [1.29, 1.82) is 0 Å². The van der Waals surface area contributed by atoms with E-state index in [0.717, 1.165) is 22.7 Å². The third-order valence-electron chi connectivity index (χ3n) is 4.52. The predicted octanol–water partition coefficient (Wildman–Crippen LogP) is 5.19. The molecule has 4 rings (SSSR count). The molecule has 0 N–H and O–H groups in total. The van der Waals surface area contributed by atoms with Crippen molar-refractivity contribution in [2.75, 3.05) is 0 Å². The van der Waals surface area contributed by atoms with Crippen molar-refractivity contribution in [2.24, 2.45) is 0 Å². The lowest BCUT2D eigenvalue weighted by Crippen LogP contribution is -2.30. The van der Waals surface area contributed by atoms with Gasteiger partial charge in [0.05, 0.1) is 0 Å². The molecule has 144 valence electrons. The van der Waals surface area contributed by atoms with Gasteiger partial charge in [-0.05, 0) is 46.9 Å². The maximum Gasteiger partial charge on any atom is 0.268 e. The molecule has 0 saturated heterocycles. The Morgan fingerprint density at radius 1 is 0.828 bits per heavy atom. The summed E-state index contributed by atoms with van der Waals surface area (Å²) in [6, 6.07) is 25.7. The highest BCUT2D eigenvalue weighted by atomic mass is 32.1. The van der Waals surface area contributed by atoms with Crippen LogP contribution in [0.15, 0.2) is 84.9 Å². The van der Waals surface area contributed by atoms with Crippen molar-refractivity contribution < 1.29 is 9.18 Å². The Morgan fingerprint density at radius 3 is 1.93 bits per heavy atom. The summed E-state index contributed by atoms with van der Waals surface area (Å²) in [5.74, 6) is -0.480. The molecule has 0 aliphatic carbocycles. The van der Waals surface area contributed by atoms with Gasteiger partial charge in [-0.1, -0.05) is 65.2 Å². The minimum Gasteiger partial charge on any atom is -0.329 e. The van der Waals surface area contributed by atoms with E-state index in [4.69, 9.17) is 0 Å². The summed E-state index contributed by atoms with van der Waals surface area (Å²) in [5, 5.41) is 4.13. The highest BCUT2D eigenvalue weighted by Gasteiger charge is 2.24. The smallest absolute Gasteiger partial charge is 0.268 e. The van der Waals surface area contributed by atoms with Crippen LogP contribution in [0.1, 0.15) is 20.8 Å². The minimum atomic E-state index is -0.334. The van der Waals surface area contributed by atoms with Gasteiger partial charge in [-0.25, -0.2) is 4.39 Å². The van der Waals surface area contributed by atoms with Gasteiger partial charge in [-0.15, -0.1) is 5.10 Å². The predicted molar refractivity (Wildman–Crippen MR) is 112 cm³/mol. The molecule has 0 radical (unpaired) electrons. The van der Waals surface area contributed by atoms with E-state index in [1.807, 2.05) is 60.7 Å². The number of benzene rings is 3. The molecule has 0 unspecified atom stereocenters. The summed E-state index contributed by atoms with van der Waals surface area (Å²) >= 11 is 1.06. The second-order valence-corrected chi connectivity index (χ2v) is 7.34. The molecule has 6 heteroatoms. The molecular weight excluding hydrogens is 385 g/mol. The van der Waals surface area contributed by atoms with E-state index in [0.29, 0.717) is 29.2 Å². The van der Waals surface area contributed by atoms with Gasteiger partial charge in [0.25, 0.3) is 5.91 Å². The van der Waals surface area contributed by atoms with Crippen LogP contribution in [0.5, 0.6) is 0 Å². The molecule has 29 heavy (non-hydrogen) atoms. The molecule has 0 fully saturated rings. The van der Waals surface area contributed by atoms with Crippen LogP contribution >= 0.6 is 11.5 Å². The van der Waals surface area contributed by atoms with E-state index >= 15 is 0 Å². The standard InChI is InChI=1S/C23H18FN3OS/c24-20-13-11-19(12-14-20)21-22(29-26-25-21)23(28)27(15-17-7-3-1-4-8-17)16-18-9-5-2-6-10-18/h1-14H,15-16H2. The zero-order valence-electron chi connectivity index (χ0n) is 15.5. The third-order valence-corrected chi connectivity index (χ3v) is 5.23. The average molecular weight is 403 g/mol. The fourth-order valence-corrected chi connectivity index (χ4v) is 3.73. The number of nitrogens with zero attached hydrogens (tertiary/aromatic N) is 3. The second-order valence-electron chi connectivity index (χ2n) is 6.59. The van der Waals surface area contributed by atoms with Gasteiger partial charge < -0.3 is 4.90 Å². The van der Waals surface area contributed by atoms with Crippen LogP contribution in [0.2, 0.25) is 0 Å². The first-order valence-corrected chi connectivity index (χ1v) is 9.93. The van der Waals surface area contributed by atoms with Crippen LogP contribution in [0.4, 0.5) is 4.39 Å². The summed E-state index contributed by atoms with van der Waals surface area (Å²) in [5.41, 5.74) is 3.23. The number of rotatable bonds is 6. The van der Waals surface area contributed by atoms with Gasteiger partial charge in [0, 0.05) is 18.7 Å². The second kappa shape index (κ2) is 8.75. The Morgan fingerprint density at radius 2 is 1.38 bits per heavy atom. The monoisotopic (exact) mass is 403 g/mol. The molecule has 3 aromatic carbocycles. The lowest BCUT2D eigenvalue weighted by atomic mass is 10.1. The van der Waals surface area contributed by atoms with Crippen LogP contribution in [-0.4, -0.2) is 20.4 Å². The van der Waals surface area contributed by atoms with Crippen molar-refractivity contribution in [2.45, 2.75) is 13.1 Å². The first-order valence-electron chi connectivity index (χ1n) is 9.16. The number of hydrogen-bond acceptors (Lipinski definition) is 4. The molecule has 4 nitrogen and oxygen atoms in total. The van der Waals surface area contributed by atoms with Gasteiger partial charge in [0.1, 0.15) is 16.4 Å². The van der Waals surface area contributed by atoms with E-state index in [-0.39, 0.29) is 11.7 Å². The molecule has 1 aromatic heterocycles. The molecular formula is C23H18FN3OS. The van der Waals surface area contributed by atoms with Crippen molar-refractivity contribution >= 4 is 17.4 Å². The first kappa shape index (κ1) is 19.0. The van der Waals surface area contributed by atoms with E-state index < -0.39 is 0 Å². The Kier molecular flexibility index (Phi) is 5.72. The molecule has 0 spiro atoms. The highest BCUT2D eigenvalue weighted by molar-refractivity contribution is 7.08. The molecule has 0 aliphatic heterocycles.